The lowest BCUT2D eigenvalue weighted by Crippen LogP contribution is -2.18. The molecule has 6 nitrogen and oxygen atoms in total. The first-order chi connectivity index (χ1) is 8.30. The Hall–Kier alpha value is -2.13. The average Bonchev–Trinajstić information content (AvgIpc) is 2.25. The number of nitro groups is 1. The minimum absolute atomic E-state index is 0.448. The van der Waals surface area contributed by atoms with E-state index in [1.54, 1.807) is 0 Å². The number of hydrogen-bond donors (Lipinski definition) is 0. The SMILES string of the molecule is COc1c(OC(F)(F)F)cnc([N+](=O)[O-])c1CF. The fraction of sp³-hybridized carbons (Fsp3) is 0.375. The van der Waals surface area contributed by atoms with Gasteiger partial charge >= 0.3 is 12.2 Å². The van der Waals surface area contributed by atoms with E-state index in [0.29, 0.717) is 6.20 Å². The van der Waals surface area contributed by atoms with Gasteiger partial charge in [0.2, 0.25) is 5.75 Å². The number of rotatable bonds is 4. The van der Waals surface area contributed by atoms with Crippen LogP contribution in [0.3, 0.4) is 0 Å². The van der Waals surface area contributed by atoms with Gasteiger partial charge in [0.05, 0.1) is 7.11 Å². The van der Waals surface area contributed by atoms with Crippen LogP contribution in [-0.4, -0.2) is 23.4 Å². The predicted molar refractivity (Wildman–Crippen MR) is 48.9 cm³/mol. The number of pyridine rings is 1. The third-order valence-corrected chi connectivity index (χ3v) is 1.81. The van der Waals surface area contributed by atoms with Crippen LogP contribution in [0.4, 0.5) is 23.4 Å². The zero-order valence-electron chi connectivity index (χ0n) is 8.82. The van der Waals surface area contributed by atoms with Gasteiger partial charge < -0.3 is 19.6 Å². The van der Waals surface area contributed by atoms with Crippen LogP contribution in [0.1, 0.15) is 5.56 Å². The van der Waals surface area contributed by atoms with Crippen LogP contribution in [-0.2, 0) is 6.67 Å². The van der Waals surface area contributed by atoms with Crippen molar-refractivity contribution in [2.75, 3.05) is 7.11 Å². The molecule has 100 valence electrons. The maximum atomic E-state index is 12.6. The van der Waals surface area contributed by atoms with Gasteiger partial charge in [0, 0.05) is 0 Å². The van der Waals surface area contributed by atoms with Crippen molar-refractivity contribution < 1.29 is 32.0 Å². The van der Waals surface area contributed by atoms with E-state index >= 15 is 0 Å². The molecule has 1 heterocycles. The third-order valence-electron chi connectivity index (χ3n) is 1.81. The third kappa shape index (κ3) is 2.96. The molecule has 0 radical (unpaired) electrons. The van der Waals surface area contributed by atoms with Crippen LogP contribution in [0.2, 0.25) is 0 Å². The molecule has 0 unspecified atom stereocenters. The fourth-order valence-corrected chi connectivity index (χ4v) is 1.21. The highest BCUT2D eigenvalue weighted by molar-refractivity contribution is 5.52. The minimum atomic E-state index is -5.04. The molecule has 0 spiro atoms. The van der Waals surface area contributed by atoms with Crippen LogP contribution in [0, 0.1) is 10.1 Å². The molecule has 0 aliphatic heterocycles. The Balaban J connectivity index is 3.34. The first-order valence-corrected chi connectivity index (χ1v) is 4.32. The highest BCUT2D eigenvalue weighted by Gasteiger charge is 2.35. The van der Waals surface area contributed by atoms with Gasteiger partial charge in [-0.1, -0.05) is 0 Å². The van der Waals surface area contributed by atoms with E-state index in [0.717, 1.165) is 7.11 Å². The van der Waals surface area contributed by atoms with E-state index in [4.69, 9.17) is 0 Å². The second-order valence-corrected chi connectivity index (χ2v) is 2.90. The molecule has 0 saturated heterocycles. The molecule has 0 amide bonds. The number of alkyl halides is 4. The van der Waals surface area contributed by atoms with Gasteiger partial charge in [-0.25, -0.2) is 4.39 Å². The highest BCUT2D eigenvalue weighted by atomic mass is 19.4. The molecule has 0 N–H and O–H groups in total. The molecule has 0 fully saturated rings. The largest absolute Gasteiger partial charge is 0.573 e. The van der Waals surface area contributed by atoms with Gasteiger partial charge in [-0.05, 0) is 9.91 Å². The molecule has 18 heavy (non-hydrogen) atoms. The van der Waals surface area contributed by atoms with Crippen molar-refractivity contribution in [2.45, 2.75) is 13.0 Å². The zero-order valence-corrected chi connectivity index (χ0v) is 8.82. The van der Waals surface area contributed by atoms with Crippen LogP contribution in [0.5, 0.6) is 11.5 Å². The summed E-state index contributed by atoms with van der Waals surface area (Å²) in [7, 11) is 0.932. The van der Waals surface area contributed by atoms with Crippen molar-refractivity contribution in [1.29, 1.82) is 0 Å². The average molecular weight is 270 g/mol. The molecule has 10 heteroatoms. The van der Waals surface area contributed by atoms with E-state index in [9.17, 15) is 27.7 Å². The Morgan fingerprint density at radius 3 is 2.50 bits per heavy atom. The van der Waals surface area contributed by atoms with Crippen molar-refractivity contribution in [2.24, 2.45) is 0 Å². The predicted octanol–water partition coefficient (Wildman–Crippen LogP) is 2.37. The number of ether oxygens (including phenoxy) is 2. The van der Waals surface area contributed by atoms with Gasteiger partial charge in [-0.2, -0.15) is 0 Å². The summed E-state index contributed by atoms with van der Waals surface area (Å²) in [6.45, 7) is -1.42. The summed E-state index contributed by atoms with van der Waals surface area (Å²) in [5, 5.41) is 10.5. The Labute approximate surface area is 97.3 Å². The Morgan fingerprint density at radius 1 is 1.50 bits per heavy atom. The molecule has 0 atom stereocenters. The summed E-state index contributed by atoms with van der Waals surface area (Å²) in [5.74, 6) is -2.58. The number of hydrogen-bond acceptors (Lipinski definition) is 5. The fourth-order valence-electron chi connectivity index (χ4n) is 1.21. The summed E-state index contributed by atoms with van der Waals surface area (Å²) in [4.78, 5) is 12.6. The van der Waals surface area contributed by atoms with Gasteiger partial charge in [-0.3, -0.25) is 0 Å². The number of methoxy groups -OCH3 is 1. The van der Waals surface area contributed by atoms with Gasteiger partial charge in [0.1, 0.15) is 12.2 Å². The molecule has 1 aromatic rings. The number of aromatic nitrogens is 1. The Morgan fingerprint density at radius 2 is 2.11 bits per heavy atom. The second-order valence-electron chi connectivity index (χ2n) is 2.90. The van der Waals surface area contributed by atoms with Crippen molar-refractivity contribution in [1.82, 2.24) is 4.98 Å². The molecule has 1 aromatic heterocycles. The maximum Gasteiger partial charge on any atom is 0.573 e. The topological polar surface area (TPSA) is 74.5 Å². The lowest BCUT2D eigenvalue weighted by Gasteiger charge is -2.12. The summed E-state index contributed by atoms with van der Waals surface area (Å²) in [5.41, 5.74) is -0.718. The van der Waals surface area contributed by atoms with Crippen LogP contribution >= 0.6 is 0 Å². The monoisotopic (exact) mass is 270 g/mol. The highest BCUT2D eigenvalue weighted by Crippen LogP contribution is 2.38. The lowest BCUT2D eigenvalue weighted by atomic mass is 10.2. The van der Waals surface area contributed by atoms with E-state index in [2.05, 4.69) is 14.5 Å². The van der Waals surface area contributed by atoms with Crippen LogP contribution < -0.4 is 9.47 Å². The summed E-state index contributed by atoms with van der Waals surface area (Å²) >= 11 is 0. The van der Waals surface area contributed by atoms with Crippen molar-refractivity contribution in [3.63, 3.8) is 0 Å². The van der Waals surface area contributed by atoms with E-state index in [1.165, 1.54) is 0 Å². The second kappa shape index (κ2) is 5.02. The Kier molecular flexibility index (Phi) is 3.89. The summed E-state index contributed by atoms with van der Waals surface area (Å²) in [6.07, 6.45) is -4.59. The van der Waals surface area contributed by atoms with Crippen molar-refractivity contribution in [3.8, 4) is 11.5 Å². The maximum absolute atomic E-state index is 12.6. The summed E-state index contributed by atoms with van der Waals surface area (Å²) in [6, 6.07) is 0. The molecular formula is C8H6F4N2O4. The van der Waals surface area contributed by atoms with Gasteiger partial charge in [-0.15, -0.1) is 13.2 Å². The summed E-state index contributed by atoms with van der Waals surface area (Å²) < 4.78 is 56.7. The molecular weight excluding hydrogens is 264 g/mol. The van der Waals surface area contributed by atoms with Crippen molar-refractivity contribution in [3.05, 3.63) is 21.9 Å². The normalized spacial score (nSPS) is 11.2. The first kappa shape index (κ1) is 13.9. The molecule has 0 aliphatic rings. The van der Waals surface area contributed by atoms with Crippen LogP contribution in [0.15, 0.2) is 6.20 Å². The Bertz CT molecular complexity index is 463. The van der Waals surface area contributed by atoms with E-state index < -0.39 is 40.8 Å². The van der Waals surface area contributed by atoms with Gasteiger partial charge in [0.25, 0.3) is 0 Å². The molecule has 0 aliphatic carbocycles. The van der Waals surface area contributed by atoms with E-state index in [-0.39, 0.29) is 0 Å². The smallest absolute Gasteiger partial charge is 0.492 e. The molecule has 1 rings (SSSR count). The molecule has 0 aromatic carbocycles. The van der Waals surface area contributed by atoms with Gasteiger partial charge in [0.15, 0.2) is 11.9 Å². The number of nitrogens with zero attached hydrogens (tertiary/aromatic N) is 2. The first-order valence-electron chi connectivity index (χ1n) is 4.32. The molecule has 0 saturated carbocycles. The minimum Gasteiger partial charge on any atom is -0.492 e. The lowest BCUT2D eigenvalue weighted by molar-refractivity contribution is -0.390. The number of halogens is 4. The zero-order chi connectivity index (χ0) is 13.9. The molecule has 0 bridgehead atoms. The standard InChI is InChI=1S/C8H6F4N2O4/c1-17-6-4(2-9)7(14(15)16)13-3-5(6)18-8(10,11)12/h3H,2H2,1H3. The quantitative estimate of drug-likeness (QED) is 0.477. The van der Waals surface area contributed by atoms with E-state index in [1.807, 2.05) is 0 Å². The van der Waals surface area contributed by atoms with Crippen LogP contribution in [0.25, 0.3) is 0 Å². The van der Waals surface area contributed by atoms with Crippen molar-refractivity contribution >= 4 is 5.82 Å².